The van der Waals surface area contributed by atoms with Crippen molar-refractivity contribution in [1.82, 2.24) is 10.6 Å². The van der Waals surface area contributed by atoms with Crippen molar-refractivity contribution < 1.29 is 52.3 Å². The minimum Gasteiger partial charge on any atom is -0.460 e. The normalized spacial score (nSPS) is 14.0. The number of nitrogens with one attached hydrogen (secondary N) is 2. The first kappa shape index (κ1) is 51.3. The lowest BCUT2D eigenvalue weighted by atomic mass is 9.99. The number of carbonyl (C=O) groups excluding carboxylic acids is 4. The Balaban J connectivity index is 1.61. The van der Waals surface area contributed by atoms with E-state index >= 15 is 4.79 Å². The molecule has 0 aliphatic carbocycles. The zero-order valence-corrected chi connectivity index (χ0v) is 38.6. The number of amides is 2. The van der Waals surface area contributed by atoms with Gasteiger partial charge in [-0.1, -0.05) is 164 Å². The van der Waals surface area contributed by atoms with Gasteiger partial charge in [0.15, 0.2) is 12.2 Å². The lowest BCUT2D eigenvalue weighted by Gasteiger charge is -2.37. The van der Waals surface area contributed by atoms with E-state index in [2.05, 4.69) is 17.2 Å². The highest BCUT2D eigenvalue weighted by Crippen LogP contribution is 2.25. The van der Waals surface area contributed by atoms with Crippen molar-refractivity contribution in [2.24, 2.45) is 0 Å². The molecule has 67 heavy (non-hydrogen) atoms. The van der Waals surface area contributed by atoms with Gasteiger partial charge in [0, 0.05) is 6.42 Å². The van der Waals surface area contributed by atoms with Gasteiger partial charge in [0.25, 0.3) is 5.91 Å². The van der Waals surface area contributed by atoms with Crippen LogP contribution in [0.25, 0.3) is 0 Å². The van der Waals surface area contributed by atoms with Crippen LogP contribution in [0.4, 0.5) is 4.79 Å². The molecule has 0 saturated heterocycles. The maximum atomic E-state index is 15.2. The molecule has 0 aromatic heterocycles. The van der Waals surface area contributed by atoms with Crippen molar-refractivity contribution >= 4 is 23.9 Å². The third-order valence-corrected chi connectivity index (χ3v) is 10.1. The van der Waals surface area contributed by atoms with Crippen LogP contribution in [0.2, 0.25) is 0 Å². The minimum absolute atomic E-state index is 0.0211. The quantitative estimate of drug-likeness (QED) is 0.0313. The van der Waals surface area contributed by atoms with E-state index in [1.807, 2.05) is 152 Å². The largest absolute Gasteiger partial charge is 0.460 e. The summed E-state index contributed by atoms with van der Waals surface area (Å²) in [5, 5.41) is 5.47. The van der Waals surface area contributed by atoms with E-state index in [1.54, 1.807) is 20.8 Å². The number of hydrogen-bond acceptors (Lipinski definition) is 11. The second-order valence-corrected chi connectivity index (χ2v) is 16.8. The van der Waals surface area contributed by atoms with Gasteiger partial charge in [0.1, 0.15) is 36.5 Å². The van der Waals surface area contributed by atoms with Crippen LogP contribution < -0.4 is 10.6 Å². The molecule has 0 radical (unpaired) electrons. The molecular formula is C54H62N2O11. The topological polar surface area (TPSA) is 157 Å². The number of carbonyl (C=O) groups is 4. The van der Waals surface area contributed by atoms with Gasteiger partial charge in [0.2, 0.25) is 0 Å². The zero-order chi connectivity index (χ0) is 47.9. The van der Waals surface area contributed by atoms with Gasteiger partial charge in [0.05, 0.1) is 33.0 Å². The Labute approximate surface area is 393 Å². The van der Waals surface area contributed by atoms with Crippen LogP contribution in [0, 0.1) is 0 Å². The van der Waals surface area contributed by atoms with Crippen molar-refractivity contribution in [2.45, 2.75) is 103 Å². The van der Waals surface area contributed by atoms with Gasteiger partial charge >= 0.3 is 18.0 Å². The number of alkyl carbamates (subject to hydrolysis) is 1. The smallest absolute Gasteiger partial charge is 0.408 e. The summed E-state index contributed by atoms with van der Waals surface area (Å²) in [6.07, 6.45) is -4.77. The lowest BCUT2D eigenvalue weighted by Crippen LogP contribution is -2.58. The molecule has 0 saturated carbocycles. The average molecular weight is 915 g/mol. The van der Waals surface area contributed by atoms with E-state index in [-0.39, 0.29) is 46.1 Å². The summed E-state index contributed by atoms with van der Waals surface area (Å²) in [6, 6.07) is 44.2. The molecule has 354 valence electrons. The molecular weight excluding hydrogens is 853 g/mol. The van der Waals surface area contributed by atoms with Crippen LogP contribution >= 0.6 is 0 Å². The van der Waals surface area contributed by atoms with Gasteiger partial charge in [-0.25, -0.2) is 14.4 Å². The molecule has 2 amide bonds. The van der Waals surface area contributed by atoms with Crippen LogP contribution in [0.1, 0.15) is 55.5 Å². The molecule has 0 bridgehead atoms. The highest BCUT2D eigenvalue weighted by molar-refractivity contribution is 5.88. The fourth-order valence-corrected chi connectivity index (χ4v) is 6.78. The summed E-state index contributed by atoms with van der Waals surface area (Å²) in [4.78, 5) is 55.9. The third kappa shape index (κ3) is 18.3. The van der Waals surface area contributed by atoms with Crippen molar-refractivity contribution in [3.05, 3.63) is 192 Å². The van der Waals surface area contributed by atoms with Crippen molar-refractivity contribution in [3.8, 4) is 0 Å². The predicted octanol–water partition coefficient (Wildman–Crippen LogP) is 8.24. The summed E-state index contributed by atoms with van der Waals surface area (Å²) >= 11 is 0. The molecule has 0 heterocycles. The van der Waals surface area contributed by atoms with Crippen molar-refractivity contribution in [2.75, 3.05) is 13.2 Å². The van der Waals surface area contributed by atoms with Crippen molar-refractivity contribution in [3.63, 3.8) is 0 Å². The van der Waals surface area contributed by atoms with Crippen LogP contribution in [0.15, 0.2) is 164 Å². The standard InChI is InChI=1S/C54H62N2O11/c1-6-32-62-52(59)45(33-40-22-12-7-13-23-40)56-50(57)49(65-37-44-30-20-11-21-31-44)48(64-36-43-28-18-10-19-29-43)47(63-35-42-26-16-9-17-27-42)46(38-61-34-41-24-14-8-15-25-41)66-51(58)39(2)55-53(60)67-54(3,4)5/h6-31,39,45-49H,1,32-38H2,2-5H3,(H,55,60)(H,56,57)/t39-,45-,46+,47+,48-,49+/m0/s1. The second-order valence-electron chi connectivity index (χ2n) is 16.8. The Bertz CT molecular complexity index is 2240. The molecule has 2 N–H and O–H groups in total. The van der Waals surface area contributed by atoms with Gasteiger partial charge in [-0.05, 0) is 55.5 Å². The van der Waals surface area contributed by atoms with Crippen molar-refractivity contribution in [1.29, 1.82) is 0 Å². The maximum absolute atomic E-state index is 15.2. The Kier molecular flexibility index (Phi) is 20.8. The molecule has 0 unspecified atom stereocenters. The molecule has 0 spiro atoms. The third-order valence-electron chi connectivity index (χ3n) is 10.1. The van der Waals surface area contributed by atoms with Gasteiger partial charge in [-0.2, -0.15) is 0 Å². The van der Waals surface area contributed by atoms with E-state index in [9.17, 15) is 14.4 Å². The first-order valence-corrected chi connectivity index (χ1v) is 22.3. The number of benzene rings is 5. The molecule has 0 fully saturated rings. The molecule has 5 aromatic rings. The van der Waals surface area contributed by atoms with Gasteiger partial charge < -0.3 is 43.8 Å². The fraction of sp³-hybridized carbons (Fsp3) is 0.333. The molecule has 6 atom stereocenters. The predicted molar refractivity (Wildman–Crippen MR) is 253 cm³/mol. The van der Waals surface area contributed by atoms with Gasteiger partial charge in [-0.15, -0.1) is 0 Å². The Morgan fingerprint density at radius 2 is 1.03 bits per heavy atom. The Morgan fingerprint density at radius 1 is 0.582 bits per heavy atom. The number of esters is 2. The maximum Gasteiger partial charge on any atom is 0.408 e. The first-order chi connectivity index (χ1) is 32.4. The fourth-order valence-electron chi connectivity index (χ4n) is 6.78. The highest BCUT2D eigenvalue weighted by atomic mass is 16.6. The Morgan fingerprint density at radius 3 is 1.51 bits per heavy atom. The SMILES string of the molecule is C=CCOC(=O)[C@H](Cc1ccccc1)NC(=O)[C@H](OCc1ccccc1)[C@@H](OCc1ccccc1)[C@H](OCc1ccccc1)[C@@H](COCc1ccccc1)OC(=O)[C@H](C)NC(=O)OC(C)(C)C. The van der Waals surface area contributed by atoms with Crippen LogP contribution in [0.3, 0.4) is 0 Å². The number of rotatable bonds is 26. The van der Waals surface area contributed by atoms with Crippen LogP contribution in [-0.4, -0.2) is 79.3 Å². The summed E-state index contributed by atoms with van der Waals surface area (Å²) in [5.41, 5.74) is 3.05. The van der Waals surface area contributed by atoms with E-state index in [4.69, 9.17) is 33.2 Å². The van der Waals surface area contributed by atoms with Crippen LogP contribution in [-0.2, 0) is 80.4 Å². The lowest BCUT2D eigenvalue weighted by molar-refractivity contribution is -0.203. The van der Waals surface area contributed by atoms with E-state index in [1.165, 1.54) is 13.0 Å². The second kappa shape index (κ2) is 27.1. The van der Waals surface area contributed by atoms with E-state index < -0.39 is 66.0 Å². The first-order valence-electron chi connectivity index (χ1n) is 22.3. The molecule has 0 aliphatic heterocycles. The number of hydrogen-bond donors (Lipinski definition) is 2. The molecule has 13 nitrogen and oxygen atoms in total. The summed E-state index contributed by atoms with van der Waals surface area (Å²) < 4.78 is 43.7. The summed E-state index contributed by atoms with van der Waals surface area (Å²) in [6.45, 7) is 9.95. The van der Waals surface area contributed by atoms with Crippen LogP contribution in [0.5, 0.6) is 0 Å². The highest BCUT2D eigenvalue weighted by Gasteiger charge is 2.44. The molecule has 13 heteroatoms. The van der Waals surface area contributed by atoms with Gasteiger partial charge in [-0.3, -0.25) is 4.79 Å². The summed E-state index contributed by atoms with van der Waals surface area (Å²) in [5.74, 6) is -2.26. The zero-order valence-electron chi connectivity index (χ0n) is 38.6. The molecule has 5 rings (SSSR count). The molecule has 5 aromatic carbocycles. The monoisotopic (exact) mass is 914 g/mol. The van der Waals surface area contributed by atoms with E-state index in [0.29, 0.717) is 0 Å². The summed E-state index contributed by atoms with van der Waals surface area (Å²) in [7, 11) is 0. The minimum atomic E-state index is -1.53. The number of ether oxygens (including phenoxy) is 7. The Hall–Kier alpha value is -6.64. The average Bonchev–Trinajstić information content (AvgIpc) is 3.32. The van der Waals surface area contributed by atoms with E-state index in [0.717, 1.165) is 27.8 Å². The molecule has 0 aliphatic rings.